The number of fused-ring (bicyclic) bond motifs is 3. The van der Waals surface area contributed by atoms with E-state index in [1.165, 1.54) is 24.8 Å². The fourth-order valence-corrected chi connectivity index (χ4v) is 5.60. The molecule has 22 heavy (non-hydrogen) atoms. The molecule has 0 spiro atoms. The maximum Gasteiger partial charge on any atom is 0.309 e. The van der Waals surface area contributed by atoms with Crippen molar-refractivity contribution in [3.8, 4) is 0 Å². The van der Waals surface area contributed by atoms with Gasteiger partial charge in [0.25, 0.3) is 0 Å². The second-order valence-corrected chi connectivity index (χ2v) is 8.54. The highest BCUT2D eigenvalue weighted by Crippen LogP contribution is 2.62. The Morgan fingerprint density at radius 1 is 1.32 bits per heavy atom. The first kappa shape index (κ1) is 15.8. The van der Waals surface area contributed by atoms with E-state index in [0.29, 0.717) is 11.8 Å². The summed E-state index contributed by atoms with van der Waals surface area (Å²) < 4.78 is 0. The predicted octanol–water partition coefficient (Wildman–Crippen LogP) is 5.21. The van der Waals surface area contributed by atoms with E-state index in [1.54, 1.807) is 5.57 Å². The Hall–Kier alpha value is -1.05. The van der Waals surface area contributed by atoms with Crippen LogP contribution in [0.5, 0.6) is 0 Å². The zero-order chi connectivity index (χ0) is 16.1. The van der Waals surface area contributed by atoms with Crippen LogP contribution in [0.4, 0.5) is 0 Å². The van der Waals surface area contributed by atoms with E-state index in [0.717, 1.165) is 19.3 Å². The van der Waals surface area contributed by atoms with Crippen molar-refractivity contribution in [3.05, 3.63) is 23.3 Å². The first-order valence-corrected chi connectivity index (χ1v) is 8.93. The van der Waals surface area contributed by atoms with Crippen molar-refractivity contribution < 1.29 is 9.90 Å². The minimum Gasteiger partial charge on any atom is -0.481 e. The van der Waals surface area contributed by atoms with Crippen molar-refractivity contribution in [3.63, 3.8) is 0 Å². The fourth-order valence-electron chi connectivity index (χ4n) is 5.60. The summed E-state index contributed by atoms with van der Waals surface area (Å²) in [6.45, 7) is 8.93. The molecule has 0 amide bonds. The Bertz CT molecular complexity index is 542. The highest BCUT2D eigenvalue weighted by Gasteiger charge is 2.57. The molecule has 0 bridgehead atoms. The molecule has 0 aromatic heterocycles. The second-order valence-electron chi connectivity index (χ2n) is 8.54. The van der Waals surface area contributed by atoms with Gasteiger partial charge >= 0.3 is 5.97 Å². The van der Waals surface area contributed by atoms with Crippen LogP contribution < -0.4 is 0 Å². The zero-order valence-electron chi connectivity index (χ0n) is 14.5. The highest BCUT2D eigenvalue weighted by atomic mass is 16.4. The van der Waals surface area contributed by atoms with Gasteiger partial charge in [0, 0.05) is 0 Å². The van der Waals surface area contributed by atoms with Crippen molar-refractivity contribution >= 4 is 5.97 Å². The molecule has 0 aromatic rings. The minimum atomic E-state index is -0.588. The lowest BCUT2D eigenvalue weighted by atomic mass is 9.47. The smallest absolute Gasteiger partial charge is 0.309 e. The van der Waals surface area contributed by atoms with Crippen molar-refractivity contribution in [2.45, 2.75) is 66.2 Å². The lowest BCUT2D eigenvalue weighted by Gasteiger charge is -2.57. The van der Waals surface area contributed by atoms with E-state index in [4.69, 9.17) is 0 Å². The molecule has 1 fully saturated rings. The molecule has 2 nitrogen and oxygen atoms in total. The van der Waals surface area contributed by atoms with Crippen LogP contribution in [0, 0.1) is 28.6 Å². The number of allylic oxidation sites excluding steroid dienone is 4. The van der Waals surface area contributed by atoms with Gasteiger partial charge in [-0.15, -0.1) is 0 Å². The summed E-state index contributed by atoms with van der Waals surface area (Å²) in [7, 11) is 0. The highest BCUT2D eigenvalue weighted by molar-refractivity contribution is 5.75. The number of hydrogen-bond donors (Lipinski definition) is 1. The number of carboxylic acids is 1. The Balaban J connectivity index is 2.00. The number of carbonyl (C=O) groups is 1. The van der Waals surface area contributed by atoms with Crippen LogP contribution in [0.2, 0.25) is 0 Å². The SMILES string of the molecule is CC(C)C1=CC2=CCC3[C@](C)(CCC[C@]3(C)C(=O)O)[C@H]2CC1. The van der Waals surface area contributed by atoms with Crippen molar-refractivity contribution in [1.82, 2.24) is 0 Å². The Kier molecular flexibility index (Phi) is 3.78. The van der Waals surface area contributed by atoms with Gasteiger partial charge < -0.3 is 5.11 Å². The summed E-state index contributed by atoms with van der Waals surface area (Å²) in [4.78, 5) is 11.9. The van der Waals surface area contributed by atoms with Crippen LogP contribution in [0.3, 0.4) is 0 Å². The maximum absolute atomic E-state index is 11.9. The molecule has 0 radical (unpaired) electrons. The van der Waals surface area contributed by atoms with Gasteiger partial charge in [-0.2, -0.15) is 0 Å². The first-order valence-electron chi connectivity index (χ1n) is 8.93. The molecule has 0 aromatic carbocycles. The first-order chi connectivity index (χ1) is 10.3. The van der Waals surface area contributed by atoms with Gasteiger partial charge in [0.05, 0.1) is 5.41 Å². The summed E-state index contributed by atoms with van der Waals surface area (Å²) in [6.07, 6.45) is 11.2. The minimum absolute atomic E-state index is 0.161. The zero-order valence-corrected chi connectivity index (χ0v) is 14.5. The van der Waals surface area contributed by atoms with E-state index in [9.17, 15) is 9.90 Å². The summed E-state index contributed by atoms with van der Waals surface area (Å²) in [5.74, 6) is 0.888. The Labute approximate surface area is 134 Å². The Morgan fingerprint density at radius 2 is 2.05 bits per heavy atom. The van der Waals surface area contributed by atoms with E-state index in [-0.39, 0.29) is 11.3 Å². The lowest BCUT2D eigenvalue weighted by Crippen LogP contribution is -2.53. The number of rotatable bonds is 2. The molecule has 3 aliphatic rings. The van der Waals surface area contributed by atoms with Gasteiger partial charge in [-0.3, -0.25) is 4.79 Å². The molecule has 122 valence electrons. The van der Waals surface area contributed by atoms with Crippen LogP contribution in [0.25, 0.3) is 0 Å². The van der Waals surface area contributed by atoms with Crippen LogP contribution in [0.1, 0.15) is 66.2 Å². The summed E-state index contributed by atoms with van der Waals surface area (Å²) in [5.41, 5.74) is 2.69. The molecule has 1 unspecified atom stereocenters. The van der Waals surface area contributed by atoms with Crippen LogP contribution in [-0.4, -0.2) is 11.1 Å². The van der Waals surface area contributed by atoms with Gasteiger partial charge in [-0.05, 0) is 67.8 Å². The molecular formula is C20H30O2. The van der Waals surface area contributed by atoms with E-state index < -0.39 is 11.4 Å². The standard InChI is InChI=1S/C20H30O2/c1-13(2)14-6-8-16-15(12-14)7-9-17-19(16,3)10-5-11-20(17,4)18(21)22/h7,12-13,16-17H,5-6,8-11H2,1-4H3,(H,21,22)/t16-,17?,19+,20-/m0/s1. The molecule has 2 heteroatoms. The molecular weight excluding hydrogens is 272 g/mol. The van der Waals surface area contributed by atoms with Gasteiger partial charge in [0.2, 0.25) is 0 Å². The summed E-state index contributed by atoms with van der Waals surface area (Å²) >= 11 is 0. The normalized spacial score (nSPS) is 41.3. The van der Waals surface area contributed by atoms with Crippen molar-refractivity contribution in [1.29, 1.82) is 0 Å². The molecule has 3 rings (SSSR count). The maximum atomic E-state index is 11.9. The van der Waals surface area contributed by atoms with Gasteiger partial charge in [0.15, 0.2) is 0 Å². The van der Waals surface area contributed by atoms with Crippen molar-refractivity contribution in [2.75, 3.05) is 0 Å². The third kappa shape index (κ3) is 2.18. The van der Waals surface area contributed by atoms with E-state index in [1.807, 2.05) is 6.92 Å². The molecule has 1 saturated carbocycles. The average Bonchev–Trinajstić information content (AvgIpc) is 2.46. The van der Waals surface area contributed by atoms with Crippen molar-refractivity contribution in [2.24, 2.45) is 28.6 Å². The largest absolute Gasteiger partial charge is 0.481 e. The third-order valence-electron chi connectivity index (χ3n) is 7.07. The van der Waals surface area contributed by atoms with Gasteiger partial charge in [-0.1, -0.05) is 44.9 Å². The predicted molar refractivity (Wildman–Crippen MR) is 89.5 cm³/mol. The van der Waals surface area contributed by atoms with Gasteiger partial charge in [-0.25, -0.2) is 0 Å². The monoisotopic (exact) mass is 302 g/mol. The second kappa shape index (κ2) is 5.25. The lowest BCUT2D eigenvalue weighted by molar-refractivity contribution is -0.162. The summed E-state index contributed by atoms with van der Waals surface area (Å²) in [6, 6.07) is 0. The van der Waals surface area contributed by atoms with Crippen LogP contribution in [-0.2, 0) is 4.79 Å². The Morgan fingerprint density at radius 3 is 2.68 bits per heavy atom. The topological polar surface area (TPSA) is 37.3 Å². The molecule has 0 heterocycles. The summed E-state index contributed by atoms with van der Waals surface area (Å²) in [5, 5.41) is 9.83. The quantitative estimate of drug-likeness (QED) is 0.760. The van der Waals surface area contributed by atoms with E-state index in [2.05, 4.69) is 32.9 Å². The van der Waals surface area contributed by atoms with Gasteiger partial charge in [0.1, 0.15) is 0 Å². The molecule has 3 aliphatic carbocycles. The number of aliphatic carboxylic acids is 1. The average molecular weight is 302 g/mol. The third-order valence-corrected chi connectivity index (χ3v) is 7.07. The van der Waals surface area contributed by atoms with Crippen LogP contribution in [0.15, 0.2) is 23.3 Å². The number of carboxylic acid groups (broad SMARTS) is 1. The number of hydrogen-bond acceptors (Lipinski definition) is 1. The molecule has 1 N–H and O–H groups in total. The fraction of sp³-hybridized carbons (Fsp3) is 0.750. The van der Waals surface area contributed by atoms with Crippen LogP contribution >= 0.6 is 0 Å². The van der Waals surface area contributed by atoms with E-state index >= 15 is 0 Å². The molecule has 0 saturated heterocycles. The molecule has 4 atom stereocenters. The molecule has 0 aliphatic heterocycles.